The molecule has 0 saturated carbocycles. The molecule has 0 aliphatic rings. The van der Waals surface area contributed by atoms with Crippen LogP contribution >= 0.6 is 0 Å². The molecule has 0 unspecified atom stereocenters. The lowest BCUT2D eigenvalue weighted by molar-refractivity contribution is 0.406. The van der Waals surface area contributed by atoms with Gasteiger partial charge < -0.3 is 4.42 Å². The Bertz CT molecular complexity index is 531. The lowest BCUT2D eigenvalue weighted by Gasteiger charge is -2.13. The summed E-state index contributed by atoms with van der Waals surface area (Å²) in [4.78, 5) is 0.140. The van der Waals surface area contributed by atoms with Crippen LogP contribution in [0.3, 0.4) is 0 Å². The fourth-order valence-electron chi connectivity index (χ4n) is 1.27. The molecule has 0 bridgehead atoms. The molecule has 1 N–H and O–H groups in total. The Labute approximate surface area is 92.9 Å². The van der Waals surface area contributed by atoms with Crippen LogP contribution in [-0.4, -0.2) is 30.0 Å². The van der Waals surface area contributed by atoms with Crippen molar-refractivity contribution in [1.29, 1.82) is 0 Å². The lowest BCUT2D eigenvalue weighted by Crippen LogP contribution is -2.25. The standard InChI is InChI=1S/C9H11N3O3S/c1-12(7-8-3-2-4-15-8)16(13,14)9-5-10-11-6-9/h2-6H,7H2,1H3,(H,10,11). The first-order chi connectivity index (χ1) is 7.60. The summed E-state index contributed by atoms with van der Waals surface area (Å²) in [5.74, 6) is 0.592. The maximum Gasteiger partial charge on any atom is 0.246 e. The molecular formula is C9H11N3O3S. The maximum absolute atomic E-state index is 11.9. The normalized spacial score (nSPS) is 12.1. The second-order valence-electron chi connectivity index (χ2n) is 3.27. The number of sulfonamides is 1. The minimum Gasteiger partial charge on any atom is -0.468 e. The van der Waals surface area contributed by atoms with Gasteiger partial charge in [0.1, 0.15) is 10.7 Å². The average molecular weight is 241 g/mol. The zero-order valence-electron chi connectivity index (χ0n) is 8.62. The molecule has 16 heavy (non-hydrogen) atoms. The van der Waals surface area contributed by atoms with Crippen LogP contribution in [-0.2, 0) is 16.6 Å². The van der Waals surface area contributed by atoms with Gasteiger partial charge in [-0.1, -0.05) is 0 Å². The Hall–Kier alpha value is -1.60. The van der Waals surface area contributed by atoms with Gasteiger partial charge >= 0.3 is 0 Å². The Morgan fingerprint density at radius 1 is 1.56 bits per heavy atom. The van der Waals surface area contributed by atoms with E-state index in [4.69, 9.17) is 4.42 Å². The summed E-state index contributed by atoms with van der Waals surface area (Å²) in [5.41, 5.74) is 0. The van der Waals surface area contributed by atoms with Crippen molar-refractivity contribution in [2.24, 2.45) is 0 Å². The minimum absolute atomic E-state index is 0.140. The highest BCUT2D eigenvalue weighted by Gasteiger charge is 2.22. The fraction of sp³-hybridized carbons (Fsp3) is 0.222. The first-order valence-electron chi connectivity index (χ1n) is 4.58. The van der Waals surface area contributed by atoms with Crippen LogP contribution in [0.15, 0.2) is 40.1 Å². The van der Waals surface area contributed by atoms with E-state index in [-0.39, 0.29) is 11.4 Å². The van der Waals surface area contributed by atoms with E-state index in [9.17, 15) is 8.42 Å². The van der Waals surface area contributed by atoms with E-state index in [1.54, 1.807) is 12.1 Å². The zero-order chi connectivity index (χ0) is 11.6. The molecular weight excluding hydrogens is 230 g/mol. The number of nitrogens with one attached hydrogen (secondary N) is 1. The van der Waals surface area contributed by atoms with Gasteiger partial charge in [-0.25, -0.2) is 8.42 Å². The molecule has 2 aromatic heterocycles. The quantitative estimate of drug-likeness (QED) is 0.859. The second-order valence-corrected chi connectivity index (χ2v) is 5.32. The van der Waals surface area contributed by atoms with Crippen LogP contribution in [0.2, 0.25) is 0 Å². The molecule has 0 radical (unpaired) electrons. The highest BCUT2D eigenvalue weighted by atomic mass is 32.2. The van der Waals surface area contributed by atoms with Crippen LogP contribution in [0.1, 0.15) is 5.76 Å². The van der Waals surface area contributed by atoms with E-state index in [1.807, 2.05) is 0 Å². The van der Waals surface area contributed by atoms with E-state index in [0.29, 0.717) is 5.76 Å². The average Bonchev–Trinajstić information content (AvgIpc) is 2.89. The molecule has 0 saturated heterocycles. The number of hydrogen-bond acceptors (Lipinski definition) is 4. The van der Waals surface area contributed by atoms with Crippen molar-refractivity contribution in [1.82, 2.24) is 14.5 Å². The first-order valence-corrected chi connectivity index (χ1v) is 6.02. The molecule has 0 atom stereocenters. The molecule has 2 heterocycles. The number of aromatic nitrogens is 2. The van der Waals surface area contributed by atoms with Crippen LogP contribution in [0.5, 0.6) is 0 Å². The lowest BCUT2D eigenvalue weighted by atomic mass is 10.4. The van der Waals surface area contributed by atoms with Gasteiger partial charge in [-0.05, 0) is 12.1 Å². The fourth-order valence-corrected chi connectivity index (χ4v) is 2.31. The number of hydrogen-bond donors (Lipinski definition) is 1. The molecule has 0 spiro atoms. The van der Waals surface area contributed by atoms with E-state index in [1.165, 1.54) is 30.0 Å². The van der Waals surface area contributed by atoms with Gasteiger partial charge in [0.15, 0.2) is 0 Å². The van der Waals surface area contributed by atoms with Crippen molar-refractivity contribution in [3.05, 3.63) is 36.5 Å². The van der Waals surface area contributed by atoms with Gasteiger partial charge in [-0.3, -0.25) is 5.10 Å². The number of aromatic amines is 1. The number of nitrogens with zero attached hydrogens (tertiary/aromatic N) is 2. The van der Waals surface area contributed by atoms with E-state index >= 15 is 0 Å². The van der Waals surface area contributed by atoms with Crippen molar-refractivity contribution < 1.29 is 12.8 Å². The number of furan rings is 1. The summed E-state index contributed by atoms with van der Waals surface area (Å²) < 4.78 is 30.2. The predicted octanol–water partition coefficient (Wildman–Crippen LogP) is 0.823. The predicted molar refractivity (Wildman–Crippen MR) is 55.9 cm³/mol. The van der Waals surface area contributed by atoms with Crippen molar-refractivity contribution in [2.75, 3.05) is 7.05 Å². The smallest absolute Gasteiger partial charge is 0.246 e. The number of H-pyrrole nitrogens is 1. The SMILES string of the molecule is CN(Cc1ccco1)S(=O)(=O)c1cn[nH]c1. The highest BCUT2D eigenvalue weighted by Crippen LogP contribution is 2.14. The third-order valence-corrected chi connectivity index (χ3v) is 3.91. The molecule has 0 fully saturated rings. The third-order valence-electron chi connectivity index (χ3n) is 2.14. The molecule has 2 rings (SSSR count). The van der Waals surface area contributed by atoms with E-state index in [0.717, 1.165) is 0 Å². The van der Waals surface area contributed by atoms with Crippen molar-refractivity contribution >= 4 is 10.0 Å². The molecule has 2 aromatic rings. The van der Waals surface area contributed by atoms with Gasteiger partial charge in [0.2, 0.25) is 10.0 Å². The van der Waals surface area contributed by atoms with E-state index in [2.05, 4.69) is 10.2 Å². The summed E-state index contributed by atoms with van der Waals surface area (Å²) in [7, 11) is -2.00. The largest absolute Gasteiger partial charge is 0.468 e. The molecule has 6 nitrogen and oxygen atoms in total. The molecule has 7 heteroatoms. The maximum atomic E-state index is 11.9. The third kappa shape index (κ3) is 2.00. The van der Waals surface area contributed by atoms with Gasteiger partial charge in [-0.15, -0.1) is 0 Å². The summed E-state index contributed by atoms with van der Waals surface area (Å²) in [6.07, 6.45) is 4.12. The summed E-state index contributed by atoms with van der Waals surface area (Å²) in [5, 5.41) is 6.08. The van der Waals surface area contributed by atoms with Crippen molar-refractivity contribution in [3.8, 4) is 0 Å². The Kier molecular flexibility index (Phi) is 2.80. The highest BCUT2D eigenvalue weighted by molar-refractivity contribution is 7.89. The topological polar surface area (TPSA) is 79.2 Å². The van der Waals surface area contributed by atoms with Crippen LogP contribution in [0.4, 0.5) is 0 Å². The summed E-state index contributed by atoms with van der Waals surface area (Å²) >= 11 is 0. The Morgan fingerprint density at radius 2 is 2.38 bits per heavy atom. The molecule has 86 valence electrons. The molecule has 0 aliphatic carbocycles. The molecule has 0 amide bonds. The molecule has 0 aliphatic heterocycles. The monoisotopic (exact) mass is 241 g/mol. The zero-order valence-corrected chi connectivity index (χ0v) is 9.44. The van der Waals surface area contributed by atoms with Gasteiger partial charge in [-0.2, -0.15) is 9.40 Å². The molecule has 0 aromatic carbocycles. The Morgan fingerprint density at radius 3 is 2.94 bits per heavy atom. The van der Waals surface area contributed by atoms with Crippen LogP contribution in [0, 0.1) is 0 Å². The first kappa shape index (κ1) is 10.9. The van der Waals surface area contributed by atoms with Crippen molar-refractivity contribution in [3.63, 3.8) is 0 Å². The van der Waals surface area contributed by atoms with E-state index < -0.39 is 10.0 Å². The summed E-state index contributed by atoms with van der Waals surface area (Å²) in [6, 6.07) is 3.44. The second kappa shape index (κ2) is 4.11. The van der Waals surface area contributed by atoms with Gasteiger partial charge in [0.25, 0.3) is 0 Å². The minimum atomic E-state index is -3.49. The Balaban J connectivity index is 2.19. The van der Waals surface area contributed by atoms with Gasteiger partial charge in [0, 0.05) is 13.2 Å². The summed E-state index contributed by atoms with van der Waals surface area (Å²) in [6.45, 7) is 0.195. The number of rotatable bonds is 4. The van der Waals surface area contributed by atoms with Crippen LogP contribution in [0.25, 0.3) is 0 Å². The van der Waals surface area contributed by atoms with Crippen LogP contribution < -0.4 is 0 Å². The van der Waals surface area contributed by atoms with Gasteiger partial charge in [0.05, 0.1) is 19.0 Å². The van der Waals surface area contributed by atoms with Crippen molar-refractivity contribution in [2.45, 2.75) is 11.4 Å².